The van der Waals surface area contributed by atoms with Crippen molar-refractivity contribution in [1.29, 1.82) is 0 Å². The van der Waals surface area contributed by atoms with E-state index in [-0.39, 0.29) is 10.2 Å². The molecule has 21 heavy (non-hydrogen) atoms. The number of hydrogen-bond donors (Lipinski definition) is 1. The van der Waals surface area contributed by atoms with Gasteiger partial charge >= 0.3 is 0 Å². The van der Waals surface area contributed by atoms with Gasteiger partial charge in [-0.15, -0.1) is 11.3 Å². The normalized spacial score (nSPS) is 12.0. The molecule has 0 fully saturated rings. The first kappa shape index (κ1) is 14.6. The van der Waals surface area contributed by atoms with Crippen molar-refractivity contribution in [1.82, 2.24) is 9.38 Å². The molecule has 1 aromatic carbocycles. The third kappa shape index (κ3) is 2.62. The van der Waals surface area contributed by atoms with Gasteiger partial charge in [-0.2, -0.15) is 8.42 Å². The predicted molar refractivity (Wildman–Crippen MR) is 85.1 cm³/mol. The summed E-state index contributed by atoms with van der Waals surface area (Å²) < 4.78 is 29.1. The molecular weight excluding hydrogens is 353 g/mol. The maximum absolute atomic E-state index is 12.6. The Morgan fingerprint density at radius 2 is 2.10 bits per heavy atom. The number of nitrogens with zero attached hydrogens (tertiary/aromatic N) is 2. The van der Waals surface area contributed by atoms with E-state index in [2.05, 4.69) is 9.71 Å². The highest BCUT2D eigenvalue weighted by Crippen LogP contribution is 2.28. The van der Waals surface area contributed by atoms with E-state index in [1.165, 1.54) is 15.7 Å². The van der Waals surface area contributed by atoms with Crippen molar-refractivity contribution in [2.24, 2.45) is 0 Å². The summed E-state index contributed by atoms with van der Waals surface area (Å²) in [7, 11) is -3.87. The molecule has 5 nitrogen and oxygen atoms in total. The standard InChI is InChI=1S/C12H9Cl2N3O2S2/c1-7-2-3-8(13)6-9(7)16-21(18,19)11-10(14)15-12-17(11)4-5-20-12/h2-6,16H,1H3. The number of aryl methyl sites for hydroxylation is 1. The molecule has 0 aliphatic rings. The Morgan fingerprint density at radius 3 is 2.86 bits per heavy atom. The first-order valence-electron chi connectivity index (χ1n) is 5.78. The minimum atomic E-state index is -3.87. The van der Waals surface area contributed by atoms with Gasteiger partial charge in [-0.1, -0.05) is 29.3 Å². The monoisotopic (exact) mass is 361 g/mol. The van der Waals surface area contributed by atoms with Gasteiger partial charge in [0.15, 0.2) is 15.1 Å². The number of hydrogen-bond acceptors (Lipinski definition) is 4. The minimum Gasteiger partial charge on any atom is -0.278 e. The first-order chi connectivity index (χ1) is 9.88. The van der Waals surface area contributed by atoms with E-state index in [1.807, 2.05) is 0 Å². The molecule has 0 bridgehead atoms. The van der Waals surface area contributed by atoms with Gasteiger partial charge in [0.05, 0.1) is 5.69 Å². The predicted octanol–water partition coefficient (Wildman–Crippen LogP) is 3.81. The SMILES string of the molecule is Cc1ccc(Cl)cc1NS(=O)(=O)c1c(Cl)nc2sccn12. The lowest BCUT2D eigenvalue weighted by Crippen LogP contribution is -2.16. The van der Waals surface area contributed by atoms with E-state index in [4.69, 9.17) is 23.2 Å². The summed E-state index contributed by atoms with van der Waals surface area (Å²) in [5, 5.41) is 2.04. The van der Waals surface area contributed by atoms with Crippen LogP contribution in [0, 0.1) is 6.92 Å². The molecule has 2 aromatic heterocycles. The van der Waals surface area contributed by atoms with Crippen molar-refractivity contribution in [3.63, 3.8) is 0 Å². The number of benzene rings is 1. The van der Waals surface area contributed by atoms with Crippen molar-refractivity contribution < 1.29 is 8.42 Å². The zero-order chi connectivity index (χ0) is 15.2. The zero-order valence-electron chi connectivity index (χ0n) is 10.7. The summed E-state index contributed by atoms with van der Waals surface area (Å²) in [6.07, 6.45) is 1.61. The van der Waals surface area contributed by atoms with Gasteiger partial charge in [-0.25, -0.2) is 4.98 Å². The van der Waals surface area contributed by atoms with Gasteiger partial charge < -0.3 is 0 Å². The van der Waals surface area contributed by atoms with Crippen LogP contribution in [0.1, 0.15) is 5.56 Å². The van der Waals surface area contributed by atoms with E-state index in [0.29, 0.717) is 15.7 Å². The van der Waals surface area contributed by atoms with Crippen LogP contribution < -0.4 is 4.72 Å². The molecule has 2 heterocycles. The smallest absolute Gasteiger partial charge is 0.278 e. The third-order valence-electron chi connectivity index (χ3n) is 2.88. The molecule has 0 aliphatic carbocycles. The number of imidazole rings is 1. The van der Waals surface area contributed by atoms with E-state index in [9.17, 15) is 8.42 Å². The van der Waals surface area contributed by atoms with Crippen molar-refractivity contribution in [2.75, 3.05) is 4.72 Å². The lowest BCUT2D eigenvalue weighted by atomic mass is 10.2. The van der Waals surface area contributed by atoms with Gasteiger partial charge in [0.2, 0.25) is 0 Å². The molecule has 1 N–H and O–H groups in total. The van der Waals surface area contributed by atoms with E-state index < -0.39 is 10.0 Å². The molecule has 0 saturated carbocycles. The summed E-state index contributed by atoms with van der Waals surface area (Å²) in [6.45, 7) is 1.78. The molecule has 0 amide bonds. The van der Waals surface area contributed by atoms with Crippen molar-refractivity contribution >= 4 is 55.2 Å². The van der Waals surface area contributed by atoms with Crippen molar-refractivity contribution in [2.45, 2.75) is 11.9 Å². The van der Waals surface area contributed by atoms with Crippen LogP contribution in [0.15, 0.2) is 34.8 Å². The molecule has 0 radical (unpaired) electrons. The number of sulfonamides is 1. The van der Waals surface area contributed by atoms with Crippen LogP contribution in [0.4, 0.5) is 5.69 Å². The van der Waals surface area contributed by atoms with Gasteiger partial charge in [-0.3, -0.25) is 9.12 Å². The Hall–Kier alpha value is -1.28. The first-order valence-corrected chi connectivity index (χ1v) is 8.90. The molecule has 0 atom stereocenters. The molecular formula is C12H9Cl2N3O2S2. The third-order valence-corrected chi connectivity index (χ3v) is 5.63. The van der Waals surface area contributed by atoms with Gasteiger partial charge in [-0.05, 0) is 24.6 Å². The van der Waals surface area contributed by atoms with Crippen LogP contribution in [0.2, 0.25) is 10.2 Å². The molecule has 0 spiro atoms. The number of fused-ring (bicyclic) bond motifs is 1. The fraction of sp³-hybridized carbons (Fsp3) is 0.0833. The maximum atomic E-state index is 12.6. The van der Waals surface area contributed by atoms with Crippen molar-refractivity contribution in [3.05, 3.63) is 45.5 Å². The Balaban J connectivity index is 2.10. The van der Waals surface area contributed by atoms with Crippen molar-refractivity contribution in [3.8, 4) is 0 Å². The second-order valence-corrected chi connectivity index (χ2v) is 7.59. The van der Waals surface area contributed by atoms with Crippen LogP contribution in [0.3, 0.4) is 0 Å². The quantitative estimate of drug-likeness (QED) is 0.771. The Morgan fingerprint density at radius 1 is 1.33 bits per heavy atom. The highest BCUT2D eigenvalue weighted by molar-refractivity contribution is 7.92. The lowest BCUT2D eigenvalue weighted by Gasteiger charge is -2.10. The second kappa shape index (κ2) is 5.17. The van der Waals surface area contributed by atoms with E-state index in [1.54, 1.807) is 36.7 Å². The molecule has 0 saturated heterocycles. The summed E-state index contributed by atoms with van der Waals surface area (Å²) in [4.78, 5) is 4.54. The molecule has 110 valence electrons. The summed E-state index contributed by atoms with van der Waals surface area (Å²) in [5.74, 6) is 0. The summed E-state index contributed by atoms with van der Waals surface area (Å²) in [5.41, 5.74) is 1.16. The molecule has 0 unspecified atom stereocenters. The fourth-order valence-electron chi connectivity index (χ4n) is 1.88. The number of halogens is 2. The highest BCUT2D eigenvalue weighted by Gasteiger charge is 2.25. The molecule has 3 rings (SSSR count). The second-order valence-electron chi connectivity index (χ2n) is 4.33. The number of thiazole rings is 1. The topological polar surface area (TPSA) is 63.5 Å². The van der Waals surface area contributed by atoms with Crippen LogP contribution in [0.25, 0.3) is 4.96 Å². The highest BCUT2D eigenvalue weighted by atomic mass is 35.5. The Labute approximate surface area is 135 Å². The largest absolute Gasteiger partial charge is 0.281 e. The van der Waals surface area contributed by atoms with Crippen LogP contribution in [-0.4, -0.2) is 17.8 Å². The summed E-state index contributed by atoms with van der Waals surface area (Å²) >= 11 is 13.2. The zero-order valence-corrected chi connectivity index (χ0v) is 13.8. The van der Waals surface area contributed by atoms with Gasteiger partial charge in [0.1, 0.15) is 0 Å². The number of anilines is 1. The fourth-order valence-corrected chi connectivity index (χ4v) is 4.63. The number of nitrogens with one attached hydrogen (secondary N) is 1. The Kier molecular flexibility index (Phi) is 3.61. The van der Waals surface area contributed by atoms with Gasteiger partial charge in [0.25, 0.3) is 10.0 Å². The lowest BCUT2D eigenvalue weighted by molar-refractivity contribution is 0.596. The summed E-state index contributed by atoms with van der Waals surface area (Å²) in [6, 6.07) is 4.98. The average Bonchev–Trinajstić information content (AvgIpc) is 2.92. The van der Waals surface area contributed by atoms with Gasteiger partial charge in [0, 0.05) is 16.6 Å². The van der Waals surface area contributed by atoms with E-state index in [0.717, 1.165) is 5.56 Å². The number of aromatic nitrogens is 2. The van der Waals surface area contributed by atoms with Crippen LogP contribution in [-0.2, 0) is 10.0 Å². The molecule has 0 aliphatic heterocycles. The van der Waals surface area contributed by atoms with E-state index >= 15 is 0 Å². The number of rotatable bonds is 3. The average molecular weight is 362 g/mol. The maximum Gasteiger partial charge on any atom is 0.281 e. The molecule has 9 heteroatoms. The minimum absolute atomic E-state index is 0.0611. The van der Waals surface area contributed by atoms with Crippen LogP contribution >= 0.6 is 34.5 Å². The molecule has 3 aromatic rings. The van der Waals surface area contributed by atoms with Crippen LogP contribution in [0.5, 0.6) is 0 Å². The Bertz CT molecular complexity index is 931.